The minimum absolute atomic E-state index is 0.0949. The number of alkyl halides is 3. The fraction of sp³-hybridized carbons (Fsp3) is 0.214. The van der Waals surface area contributed by atoms with Crippen molar-refractivity contribution in [1.82, 2.24) is 14.7 Å². The van der Waals surface area contributed by atoms with Gasteiger partial charge in [-0.2, -0.15) is 18.3 Å². The molecule has 9 nitrogen and oxygen atoms in total. The zero-order valence-electron chi connectivity index (χ0n) is 21.3. The number of aromatic nitrogens is 2. The molecule has 4 aromatic rings. The normalized spacial score (nSPS) is 13.8. The first-order valence-corrected chi connectivity index (χ1v) is 12.3. The summed E-state index contributed by atoms with van der Waals surface area (Å²) < 4.78 is 46.3. The minimum Gasteiger partial charge on any atom is -0.497 e. The van der Waals surface area contributed by atoms with Crippen LogP contribution in [0, 0.1) is 10.1 Å². The molecule has 3 aromatic carbocycles. The third-order valence-corrected chi connectivity index (χ3v) is 6.70. The summed E-state index contributed by atoms with van der Waals surface area (Å²) in [5.74, 6) is 0.296. The smallest absolute Gasteiger partial charge is 0.416 e. The van der Waals surface area contributed by atoms with Crippen LogP contribution in [0.25, 0.3) is 16.9 Å². The number of ether oxygens (including phenoxy) is 1. The number of nitro groups is 1. The third-order valence-electron chi connectivity index (χ3n) is 6.70. The van der Waals surface area contributed by atoms with E-state index in [9.17, 15) is 28.1 Å². The summed E-state index contributed by atoms with van der Waals surface area (Å²) in [6.07, 6.45) is -4.44. The van der Waals surface area contributed by atoms with E-state index < -0.39 is 16.7 Å². The zero-order valence-corrected chi connectivity index (χ0v) is 21.3. The van der Waals surface area contributed by atoms with Crippen LogP contribution in [0.1, 0.15) is 16.1 Å². The molecular weight excluding hydrogens is 527 g/mol. The molecule has 40 heavy (non-hydrogen) atoms. The Kier molecular flexibility index (Phi) is 7.16. The maximum absolute atomic E-state index is 13.7. The Balaban J connectivity index is 1.42. The quantitative estimate of drug-likeness (QED) is 0.234. The van der Waals surface area contributed by atoms with Gasteiger partial charge in [-0.15, -0.1) is 0 Å². The Morgan fingerprint density at radius 2 is 1.62 bits per heavy atom. The van der Waals surface area contributed by atoms with Gasteiger partial charge in [-0.3, -0.25) is 14.9 Å². The summed E-state index contributed by atoms with van der Waals surface area (Å²) in [6, 6.07) is 19.7. The van der Waals surface area contributed by atoms with Crippen LogP contribution in [-0.4, -0.2) is 58.8 Å². The molecule has 0 bridgehead atoms. The van der Waals surface area contributed by atoms with Crippen molar-refractivity contribution in [2.75, 3.05) is 38.2 Å². The van der Waals surface area contributed by atoms with Gasteiger partial charge >= 0.3 is 6.18 Å². The summed E-state index contributed by atoms with van der Waals surface area (Å²) >= 11 is 0. The van der Waals surface area contributed by atoms with Crippen molar-refractivity contribution < 1.29 is 27.6 Å². The molecule has 1 amide bonds. The lowest BCUT2D eigenvalue weighted by Crippen LogP contribution is -2.49. The number of carbonyl (C=O) groups excluding carboxylic acids is 1. The number of methoxy groups -OCH3 is 1. The fourth-order valence-corrected chi connectivity index (χ4v) is 4.58. The van der Waals surface area contributed by atoms with Crippen molar-refractivity contribution in [3.05, 3.63) is 100 Å². The number of piperazine rings is 1. The van der Waals surface area contributed by atoms with Gasteiger partial charge in [-0.05, 0) is 48.5 Å². The van der Waals surface area contributed by atoms with Gasteiger partial charge in [0.2, 0.25) is 0 Å². The molecule has 1 aliphatic rings. The number of carbonyl (C=O) groups is 1. The molecule has 2 heterocycles. The van der Waals surface area contributed by atoms with Crippen molar-refractivity contribution in [3.8, 4) is 22.7 Å². The number of benzene rings is 3. The molecule has 1 aliphatic heterocycles. The lowest BCUT2D eigenvalue weighted by molar-refractivity contribution is -0.384. The predicted octanol–water partition coefficient (Wildman–Crippen LogP) is 5.44. The van der Waals surface area contributed by atoms with Gasteiger partial charge in [0.25, 0.3) is 11.6 Å². The van der Waals surface area contributed by atoms with E-state index >= 15 is 0 Å². The van der Waals surface area contributed by atoms with Crippen LogP contribution in [0.5, 0.6) is 5.75 Å². The number of hydrogen-bond donors (Lipinski definition) is 0. The molecular formula is C28H24F3N5O4. The second-order valence-electron chi connectivity index (χ2n) is 9.16. The summed E-state index contributed by atoms with van der Waals surface area (Å²) in [4.78, 5) is 27.8. The van der Waals surface area contributed by atoms with Crippen LogP contribution >= 0.6 is 0 Å². The molecule has 0 saturated carbocycles. The highest BCUT2D eigenvalue weighted by Gasteiger charge is 2.32. The highest BCUT2D eigenvalue weighted by molar-refractivity contribution is 5.94. The van der Waals surface area contributed by atoms with E-state index in [4.69, 9.17) is 4.74 Å². The largest absolute Gasteiger partial charge is 0.497 e. The lowest BCUT2D eigenvalue weighted by Gasteiger charge is -2.36. The first-order valence-electron chi connectivity index (χ1n) is 12.3. The molecule has 206 valence electrons. The second kappa shape index (κ2) is 10.7. The molecule has 12 heteroatoms. The Bertz CT molecular complexity index is 1540. The molecule has 0 atom stereocenters. The maximum Gasteiger partial charge on any atom is 0.416 e. The van der Waals surface area contributed by atoms with Gasteiger partial charge < -0.3 is 14.5 Å². The highest BCUT2D eigenvalue weighted by Crippen LogP contribution is 2.32. The van der Waals surface area contributed by atoms with Gasteiger partial charge in [0.1, 0.15) is 11.4 Å². The lowest BCUT2D eigenvalue weighted by atomic mass is 10.1. The van der Waals surface area contributed by atoms with Crippen LogP contribution < -0.4 is 9.64 Å². The van der Waals surface area contributed by atoms with E-state index in [0.29, 0.717) is 41.5 Å². The minimum atomic E-state index is -4.44. The van der Waals surface area contributed by atoms with Gasteiger partial charge in [0, 0.05) is 49.6 Å². The number of nitro benzene ring substituents is 1. The monoisotopic (exact) mass is 551 g/mol. The van der Waals surface area contributed by atoms with Crippen LogP contribution in [0.3, 0.4) is 0 Å². The van der Waals surface area contributed by atoms with Crippen molar-refractivity contribution in [3.63, 3.8) is 0 Å². The first kappa shape index (κ1) is 26.7. The third kappa shape index (κ3) is 5.46. The summed E-state index contributed by atoms with van der Waals surface area (Å²) in [5.41, 5.74) is 1.55. The molecule has 1 fully saturated rings. The predicted molar refractivity (Wildman–Crippen MR) is 142 cm³/mol. The van der Waals surface area contributed by atoms with Crippen molar-refractivity contribution in [1.29, 1.82) is 0 Å². The van der Waals surface area contributed by atoms with Gasteiger partial charge in [-0.25, -0.2) is 4.68 Å². The van der Waals surface area contributed by atoms with Crippen molar-refractivity contribution >= 4 is 17.3 Å². The molecule has 0 radical (unpaired) electrons. The van der Waals surface area contributed by atoms with E-state index in [2.05, 4.69) is 5.10 Å². The molecule has 0 N–H and O–H groups in total. The van der Waals surface area contributed by atoms with Crippen LogP contribution in [0.2, 0.25) is 0 Å². The first-order chi connectivity index (χ1) is 19.1. The van der Waals surface area contributed by atoms with E-state index in [-0.39, 0.29) is 30.4 Å². The molecule has 0 unspecified atom stereocenters. The number of anilines is 1. The average Bonchev–Trinajstić information content (AvgIpc) is 3.42. The number of hydrogen-bond acceptors (Lipinski definition) is 6. The van der Waals surface area contributed by atoms with Crippen molar-refractivity contribution in [2.24, 2.45) is 0 Å². The summed E-state index contributed by atoms with van der Waals surface area (Å²) in [5, 5.41) is 15.8. The number of halogens is 3. The molecule has 5 rings (SSSR count). The molecule has 1 aromatic heterocycles. The number of rotatable bonds is 6. The molecule has 0 spiro atoms. The second-order valence-corrected chi connectivity index (χ2v) is 9.16. The Labute approximate surface area is 227 Å². The standard InChI is InChI=1S/C28H24F3N5O4/c1-40-24-7-2-4-19(16-24)25-18-26(35(32-25)21-8-10-22(11-9-21)36(38)39)27(37)34-14-12-33(13-15-34)23-6-3-5-20(17-23)28(29,30)31/h2-11,16-18H,12-15H2,1H3. The van der Waals surface area contributed by atoms with E-state index in [1.54, 1.807) is 42.3 Å². The zero-order chi connectivity index (χ0) is 28.4. The Hall–Kier alpha value is -4.87. The summed E-state index contributed by atoms with van der Waals surface area (Å²) in [6.45, 7) is 1.27. The van der Waals surface area contributed by atoms with E-state index in [1.807, 2.05) is 11.0 Å². The topological polar surface area (TPSA) is 93.7 Å². The number of non-ortho nitro benzene ring substituents is 1. The summed E-state index contributed by atoms with van der Waals surface area (Å²) in [7, 11) is 1.54. The van der Waals surface area contributed by atoms with Crippen LogP contribution in [0.4, 0.5) is 24.5 Å². The van der Waals surface area contributed by atoms with Gasteiger partial charge in [-0.1, -0.05) is 18.2 Å². The average molecular weight is 552 g/mol. The van der Waals surface area contributed by atoms with E-state index in [1.165, 1.54) is 35.0 Å². The maximum atomic E-state index is 13.7. The number of nitrogens with zero attached hydrogens (tertiary/aromatic N) is 5. The van der Waals surface area contributed by atoms with Crippen molar-refractivity contribution in [2.45, 2.75) is 6.18 Å². The Morgan fingerprint density at radius 1 is 0.925 bits per heavy atom. The Morgan fingerprint density at radius 3 is 2.27 bits per heavy atom. The van der Waals surface area contributed by atoms with E-state index in [0.717, 1.165) is 12.1 Å². The van der Waals surface area contributed by atoms with Crippen LogP contribution in [0.15, 0.2) is 78.9 Å². The van der Waals surface area contributed by atoms with Gasteiger partial charge in [0.05, 0.1) is 29.0 Å². The highest BCUT2D eigenvalue weighted by atomic mass is 19.4. The SMILES string of the molecule is COc1cccc(-c2cc(C(=O)N3CCN(c4cccc(C(F)(F)F)c4)CC3)n(-c3ccc([N+](=O)[O-])cc3)n2)c1. The van der Waals surface area contributed by atoms with Crippen LogP contribution in [-0.2, 0) is 6.18 Å². The molecule has 1 saturated heterocycles. The number of amides is 1. The van der Waals surface area contributed by atoms with Gasteiger partial charge in [0.15, 0.2) is 0 Å². The molecule has 0 aliphatic carbocycles. The fourth-order valence-electron chi connectivity index (χ4n) is 4.58.